The molecule has 0 unspecified atom stereocenters. The number of hydrogen-bond donors (Lipinski definition) is 2. The maximum Gasteiger partial charge on any atom is 0.251 e. The summed E-state index contributed by atoms with van der Waals surface area (Å²) in [5.74, 6) is -0.0165. The van der Waals surface area contributed by atoms with Crippen LogP contribution in [0.15, 0.2) is 18.2 Å². The molecule has 1 aliphatic rings. The summed E-state index contributed by atoms with van der Waals surface area (Å²) in [4.78, 5) is 12.4. The predicted molar refractivity (Wildman–Crippen MR) is 82.4 cm³/mol. The van der Waals surface area contributed by atoms with Crippen molar-refractivity contribution in [2.75, 3.05) is 0 Å². The first kappa shape index (κ1) is 13.9. The van der Waals surface area contributed by atoms with Gasteiger partial charge in [0.15, 0.2) is 0 Å². The minimum Gasteiger partial charge on any atom is -0.345 e. The molecule has 1 amide bonds. The third-order valence-corrected chi connectivity index (χ3v) is 4.33. The highest BCUT2D eigenvalue weighted by Crippen LogP contribution is 2.24. The van der Waals surface area contributed by atoms with Crippen LogP contribution in [0.5, 0.6) is 0 Å². The van der Waals surface area contributed by atoms with Crippen molar-refractivity contribution >= 4 is 5.91 Å². The zero-order valence-electron chi connectivity index (χ0n) is 12.8. The lowest BCUT2D eigenvalue weighted by Crippen LogP contribution is -2.27. The fourth-order valence-electron chi connectivity index (χ4n) is 3.26. The summed E-state index contributed by atoms with van der Waals surface area (Å²) >= 11 is 0. The van der Waals surface area contributed by atoms with E-state index in [0.29, 0.717) is 0 Å². The minimum absolute atomic E-state index is 0.0165. The van der Waals surface area contributed by atoms with Crippen LogP contribution in [0, 0.1) is 13.8 Å². The van der Waals surface area contributed by atoms with Crippen LogP contribution in [-0.4, -0.2) is 16.1 Å². The second-order valence-electron chi connectivity index (χ2n) is 5.88. The standard InChI is InChI=1S/C17H21N3O/c1-10(16-11(2)19-20-12(16)3)18-17(21)15-8-7-13-5-4-6-14(13)9-15/h7-10H,4-6H2,1-3H3,(H,18,21)(H,19,20)/t10-/m1/s1. The van der Waals surface area contributed by atoms with Crippen LogP contribution in [0.2, 0.25) is 0 Å². The summed E-state index contributed by atoms with van der Waals surface area (Å²) < 4.78 is 0. The van der Waals surface area contributed by atoms with Gasteiger partial charge in [-0.25, -0.2) is 0 Å². The number of H-pyrrole nitrogens is 1. The Bertz CT molecular complexity index is 668. The molecule has 4 heteroatoms. The number of nitrogens with one attached hydrogen (secondary N) is 2. The predicted octanol–water partition coefficient (Wildman–Crippen LogP) is 3.01. The first-order chi connectivity index (χ1) is 10.1. The van der Waals surface area contributed by atoms with E-state index in [9.17, 15) is 4.79 Å². The molecule has 1 atom stereocenters. The van der Waals surface area contributed by atoms with Gasteiger partial charge in [0.25, 0.3) is 5.91 Å². The van der Waals surface area contributed by atoms with Crippen LogP contribution < -0.4 is 5.32 Å². The van der Waals surface area contributed by atoms with Gasteiger partial charge in [-0.3, -0.25) is 9.89 Å². The Morgan fingerprint density at radius 3 is 2.76 bits per heavy atom. The first-order valence-electron chi connectivity index (χ1n) is 7.50. The number of aromatic amines is 1. The quantitative estimate of drug-likeness (QED) is 0.909. The van der Waals surface area contributed by atoms with Gasteiger partial charge in [0.2, 0.25) is 0 Å². The number of amides is 1. The monoisotopic (exact) mass is 283 g/mol. The zero-order chi connectivity index (χ0) is 15.0. The van der Waals surface area contributed by atoms with Crippen molar-refractivity contribution in [1.82, 2.24) is 15.5 Å². The number of fused-ring (bicyclic) bond motifs is 1. The van der Waals surface area contributed by atoms with E-state index < -0.39 is 0 Å². The highest BCUT2D eigenvalue weighted by Gasteiger charge is 2.18. The second kappa shape index (κ2) is 5.35. The van der Waals surface area contributed by atoms with Gasteiger partial charge in [0.05, 0.1) is 11.7 Å². The molecule has 2 aromatic rings. The fourth-order valence-corrected chi connectivity index (χ4v) is 3.26. The number of carbonyl (C=O) groups excluding carboxylic acids is 1. The van der Waals surface area contributed by atoms with E-state index in [1.807, 2.05) is 32.9 Å². The molecule has 2 N–H and O–H groups in total. The summed E-state index contributed by atoms with van der Waals surface area (Å²) in [5.41, 5.74) is 6.49. The van der Waals surface area contributed by atoms with E-state index in [2.05, 4.69) is 21.6 Å². The number of nitrogens with zero attached hydrogens (tertiary/aromatic N) is 1. The highest BCUT2D eigenvalue weighted by molar-refractivity contribution is 5.94. The summed E-state index contributed by atoms with van der Waals surface area (Å²) in [6, 6.07) is 6.02. The molecule has 0 saturated heterocycles. The molecule has 0 radical (unpaired) electrons. The van der Waals surface area contributed by atoms with Crippen LogP contribution in [0.3, 0.4) is 0 Å². The van der Waals surface area contributed by atoms with E-state index in [-0.39, 0.29) is 11.9 Å². The van der Waals surface area contributed by atoms with Crippen molar-refractivity contribution in [1.29, 1.82) is 0 Å². The summed E-state index contributed by atoms with van der Waals surface area (Å²) in [6.07, 6.45) is 3.43. The molecule has 21 heavy (non-hydrogen) atoms. The Morgan fingerprint density at radius 1 is 1.29 bits per heavy atom. The van der Waals surface area contributed by atoms with E-state index in [1.165, 1.54) is 17.5 Å². The van der Waals surface area contributed by atoms with Crippen molar-refractivity contribution in [3.63, 3.8) is 0 Å². The van der Waals surface area contributed by atoms with Crippen molar-refractivity contribution in [3.05, 3.63) is 51.8 Å². The van der Waals surface area contributed by atoms with Crippen LogP contribution in [0.1, 0.15) is 57.8 Å². The van der Waals surface area contributed by atoms with Crippen LogP contribution >= 0.6 is 0 Å². The zero-order valence-corrected chi connectivity index (χ0v) is 12.8. The molecule has 3 rings (SSSR count). The minimum atomic E-state index is -0.0514. The van der Waals surface area contributed by atoms with Gasteiger partial charge in [-0.05, 0) is 63.3 Å². The lowest BCUT2D eigenvalue weighted by atomic mass is 10.0. The number of hydrogen-bond acceptors (Lipinski definition) is 2. The van der Waals surface area contributed by atoms with Gasteiger partial charge in [-0.15, -0.1) is 0 Å². The maximum atomic E-state index is 12.4. The molecule has 1 heterocycles. The van der Waals surface area contributed by atoms with Gasteiger partial charge in [0.1, 0.15) is 0 Å². The van der Waals surface area contributed by atoms with Crippen molar-refractivity contribution in [3.8, 4) is 0 Å². The van der Waals surface area contributed by atoms with Gasteiger partial charge in [0, 0.05) is 16.8 Å². The Kier molecular flexibility index (Phi) is 3.53. The molecule has 1 aliphatic carbocycles. The largest absolute Gasteiger partial charge is 0.345 e. The van der Waals surface area contributed by atoms with Gasteiger partial charge >= 0.3 is 0 Å². The molecule has 0 spiro atoms. The molecule has 0 saturated carbocycles. The van der Waals surface area contributed by atoms with E-state index >= 15 is 0 Å². The van der Waals surface area contributed by atoms with Crippen molar-refractivity contribution in [2.24, 2.45) is 0 Å². The number of rotatable bonds is 3. The summed E-state index contributed by atoms with van der Waals surface area (Å²) in [5, 5.41) is 10.2. The average Bonchev–Trinajstić information content (AvgIpc) is 3.04. The number of carbonyl (C=O) groups is 1. The topological polar surface area (TPSA) is 57.8 Å². The summed E-state index contributed by atoms with van der Waals surface area (Å²) in [6.45, 7) is 5.93. The maximum absolute atomic E-state index is 12.4. The van der Waals surface area contributed by atoms with Crippen LogP contribution in [0.4, 0.5) is 0 Å². The molecule has 1 aromatic carbocycles. The fraction of sp³-hybridized carbons (Fsp3) is 0.412. The Balaban J connectivity index is 1.77. The van der Waals surface area contributed by atoms with E-state index in [1.54, 1.807) is 0 Å². The number of benzene rings is 1. The molecular weight excluding hydrogens is 262 g/mol. The molecule has 1 aromatic heterocycles. The molecule has 0 bridgehead atoms. The lowest BCUT2D eigenvalue weighted by Gasteiger charge is -2.15. The van der Waals surface area contributed by atoms with Gasteiger partial charge in [-0.2, -0.15) is 5.10 Å². The summed E-state index contributed by atoms with van der Waals surface area (Å²) in [7, 11) is 0. The first-order valence-corrected chi connectivity index (χ1v) is 7.50. The van der Waals surface area contributed by atoms with E-state index in [0.717, 1.165) is 35.4 Å². The third-order valence-electron chi connectivity index (χ3n) is 4.33. The molecule has 110 valence electrons. The van der Waals surface area contributed by atoms with Gasteiger partial charge < -0.3 is 5.32 Å². The molecule has 4 nitrogen and oxygen atoms in total. The average molecular weight is 283 g/mol. The smallest absolute Gasteiger partial charge is 0.251 e. The number of aryl methyl sites for hydroxylation is 4. The normalized spacial score (nSPS) is 14.8. The second-order valence-corrected chi connectivity index (χ2v) is 5.88. The number of aromatic nitrogens is 2. The Morgan fingerprint density at radius 2 is 2.05 bits per heavy atom. The lowest BCUT2D eigenvalue weighted by molar-refractivity contribution is 0.0939. The molecular formula is C17H21N3O. The Hall–Kier alpha value is -2.10. The molecule has 0 aliphatic heterocycles. The Labute approximate surface area is 125 Å². The van der Waals surface area contributed by atoms with Crippen molar-refractivity contribution in [2.45, 2.75) is 46.1 Å². The van der Waals surface area contributed by atoms with E-state index in [4.69, 9.17) is 0 Å². The molecule has 0 fully saturated rings. The van der Waals surface area contributed by atoms with Crippen molar-refractivity contribution < 1.29 is 4.79 Å². The third kappa shape index (κ3) is 2.58. The SMILES string of the molecule is Cc1n[nH]c(C)c1[C@@H](C)NC(=O)c1ccc2c(c1)CCC2. The van der Waals surface area contributed by atoms with Gasteiger partial charge in [-0.1, -0.05) is 6.07 Å². The van der Waals surface area contributed by atoms with Crippen LogP contribution in [-0.2, 0) is 12.8 Å². The van der Waals surface area contributed by atoms with Crippen LogP contribution in [0.25, 0.3) is 0 Å². The highest BCUT2D eigenvalue weighted by atomic mass is 16.1.